The molecule has 0 aliphatic carbocycles. The maximum atomic E-state index is 13.4. The molecule has 1 aliphatic heterocycles. The minimum Gasteiger partial charge on any atom is -0.448 e. The van der Waals surface area contributed by atoms with Crippen molar-refractivity contribution < 1.29 is 9.13 Å². The minimum atomic E-state index is -0.521. The number of nitrogens with zero attached hydrogens (tertiary/aromatic N) is 3. The number of benzene rings is 2. The zero-order valence-electron chi connectivity index (χ0n) is 15.2. The Labute approximate surface area is 175 Å². The number of halogens is 2. The van der Waals surface area contributed by atoms with E-state index in [2.05, 4.69) is 43.4 Å². The first-order valence-corrected chi connectivity index (χ1v) is 10.8. The summed E-state index contributed by atoms with van der Waals surface area (Å²) in [5.74, 6) is 1.05. The number of thioether (sulfide) groups is 1. The summed E-state index contributed by atoms with van der Waals surface area (Å²) >= 11 is 5.07. The van der Waals surface area contributed by atoms with Crippen molar-refractivity contribution in [2.24, 2.45) is 0 Å². The molecule has 28 heavy (non-hydrogen) atoms. The van der Waals surface area contributed by atoms with E-state index in [1.165, 1.54) is 12.1 Å². The molecule has 2 heterocycles. The molecule has 0 bridgehead atoms. The summed E-state index contributed by atoms with van der Waals surface area (Å²) in [6.07, 6.45) is 1.67. The number of anilines is 1. The van der Waals surface area contributed by atoms with Crippen molar-refractivity contribution in [3.05, 3.63) is 58.3 Å². The summed E-state index contributed by atoms with van der Waals surface area (Å²) in [6.45, 7) is 2.15. The summed E-state index contributed by atoms with van der Waals surface area (Å²) in [6, 6.07) is 12.1. The van der Waals surface area contributed by atoms with E-state index in [4.69, 9.17) is 4.74 Å². The molecule has 1 N–H and O–H groups in total. The highest BCUT2D eigenvalue weighted by Crippen LogP contribution is 2.40. The lowest BCUT2D eigenvalue weighted by Crippen LogP contribution is -2.17. The fraction of sp³-hybridized carbons (Fsp3) is 0.250. The Morgan fingerprint density at radius 3 is 2.79 bits per heavy atom. The van der Waals surface area contributed by atoms with Crippen LogP contribution in [-0.4, -0.2) is 20.9 Å². The van der Waals surface area contributed by atoms with Gasteiger partial charge in [-0.3, -0.25) is 0 Å². The molecule has 3 aromatic rings. The Hall–Kier alpha value is -2.19. The van der Waals surface area contributed by atoms with Gasteiger partial charge < -0.3 is 10.1 Å². The van der Waals surface area contributed by atoms with Gasteiger partial charge in [-0.05, 0) is 36.8 Å². The molecule has 0 unspecified atom stereocenters. The highest BCUT2D eigenvalue weighted by atomic mass is 79.9. The normalized spacial score (nSPS) is 15.0. The predicted molar refractivity (Wildman–Crippen MR) is 112 cm³/mol. The van der Waals surface area contributed by atoms with Crippen LogP contribution in [0.25, 0.3) is 11.3 Å². The van der Waals surface area contributed by atoms with E-state index < -0.39 is 6.23 Å². The predicted octanol–water partition coefficient (Wildman–Crippen LogP) is 5.84. The average Bonchev–Trinajstić information content (AvgIpc) is 2.85. The van der Waals surface area contributed by atoms with Gasteiger partial charge in [0, 0.05) is 27.0 Å². The number of hydrogen-bond donors (Lipinski definition) is 1. The van der Waals surface area contributed by atoms with Crippen LogP contribution in [0.4, 0.5) is 10.1 Å². The molecule has 0 fully saturated rings. The second-order valence-corrected chi connectivity index (χ2v) is 8.31. The number of rotatable bonds is 5. The lowest BCUT2D eigenvalue weighted by molar-refractivity contribution is 0.225. The lowest BCUT2D eigenvalue weighted by Gasteiger charge is -2.19. The fourth-order valence-corrected chi connectivity index (χ4v) is 4.05. The van der Waals surface area contributed by atoms with Crippen LogP contribution in [0.15, 0.2) is 52.1 Å². The third-order valence-corrected chi connectivity index (χ3v) is 5.71. The first kappa shape index (κ1) is 19.1. The zero-order chi connectivity index (χ0) is 19.5. The molecular formula is C20H18BrFN4OS. The standard InChI is InChI=1S/C20H18BrFN4OS/c1-2-3-10-28-20-24-19-17(25-26-20)15-11-13(21)6-9-16(15)23-18(27-19)12-4-7-14(22)8-5-12/h4-9,11,18,23H,2-3,10H2,1H3/t18-/m1/s1. The van der Waals surface area contributed by atoms with Gasteiger partial charge in [-0.25, -0.2) is 4.39 Å². The summed E-state index contributed by atoms with van der Waals surface area (Å²) < 4.78 is 20.5. The molecule has 5 nitrogen and oxygen atoms in total. The number of aromatic nitrogens is 3. The van der Waals surface area contributed by atoms with Gasteiger partial charge in [0.1, 0.15) is 5.82 Å². The fourth-order valence-electron chi connectivity index (χ4n) is 2.83. The maximum absolute atomic E-state index is 13.4. The van der Waals surface area contributed by atoms with E-state index in [9.17, 15) is 4.39 Å². The van der Waals surface area contributed by atoms with Crippen molar-refractivity contribution >= 4 is 33.4 Å². The molecular weight excluding hydrogens is 443 g/mol. The molecule has 0 saturated heterocycles. The number of ether oxygens (including phenoxy) is 1. The van der Waals surface area contributed by atoms with Crippen molar-refractivity contribution in [3.8, 4) is 17.1 Å². The van der Waals surface area contributed by atoms with Crippen molar-refractivity contribution in [1.82, 2.24) is 15.2 Å². The topological polar surface area (TPSA) is 59.9 Å². The molecule has 4 rings (SSSR count). The number of fused-ring (bicyclic) bond motifs is 3. The highest BCUT2D eigenvalue weighted by molar-refractivity contribution is 9.10. The van der Waals surface area contributed by atoms with E-state index in [-0.39, 0.29) is 5.82 Å². The van der Waals surface area contributed by atoms with Crippen LogP contribution in [0.5, 0.6) is 5.88 Å². The largest absolute Gasteiger partial charge is 0.448 e. The van der Waals surface area contributed by atoms with Gasteiger partial charge in [-0.1, -0.05) is 53.2 Å². The van der Waals surface area contributed by atoms with Crippen LogP contribution in [0.2, 0.25) is 0 Å². The van der Waals surface area contributed by atoms with Crippen molar-refractivity contribution in [2.75, 3.05) is 11.1 Å². The van der Waals surface area contributed by atoms with E-state index in [0.29, 0.717) is 16.7 Å². The highest BCUT2D eigenvalue weighted by Gasteiger charge is 2.26. The van der Waals surface area contributed by atoms with Gasteiger partial charge in [-0.15, -0.1) is 10.2 Å². The second kappa shape index (κ2) is 8.45. The van der Waals surface area contributed by atoms with Gasteiger partial charge in [0.2, 0.25) is 11.0 Å². The van der Waals surface area contributed by atoms with Gasteiger partial charge >= 0.3 is 0 Å². The summed E-state index contributed by atoms with van der Waals surface area (Å²) in [5.41, 5.74) is 3.06. The molecule has 0 saturated carbocycles. The third-order valence-electron chi connectivity index (χ3n) is 4.29. The third kappa shape index (κ3) is 4.12. The Balaban J connectivity index is 1.76. The Morgan fingerprint density at radius 2 is 2.00 bits per heavy atom. The molecule has 144 valence electrons. The Bertz CT molecular complexity index is 986. The van der Waals surface area contributed by atoms with Gasteiger partial charge in [0.25, 0.3) is 0 Å². The summed E-state index contributed by atoms with van der Waals surface area (Å²) in [5, 5.41) is 12.6. The molecule has 2 aromatic carbocycles. The van der Waals surface area contributed by atoms with Crippen LogP contribution in [0.3, 0.4) is 0 Å². The minimum absolute atomic E-state index is 0.291. The van der Waals surface area contributed by atoms with Gasteiger partial charge in [0.15, 0.2) is 11.9 Å². The van der Waals surface area contributed by atoms with Crippen LogP contribution < -0.4 is 10.1 Å². The number of hydrogen-bond acceptors (Lipinski definition) is 6. The number of unbranched alkanes of at least 4 members (excludes halogenated alkanes) is 1. The molecule has 0 radical (unpaired) electrons. The van der Waals surface area contributed by atoms with Crippen LogP contribution in [0.1, 0.15) is 31.6 Å². The summed E-state index contributed by atoms with van der Waals surface area (Å²) in [4.78, 5) is 4.60. The average molecular weight is 461 g/mol. The van der Waals surface area contributed by atoms with Gasteiger partial charge in [0.05, 0.1) is 0 Å². The molecule has 1 aliphatic rings. The van der Waals surface area contributed by atoms with Crippen LogP contribution in [0, 0.1) is 5.82 Å². The first-order valence-electron chi connectivity index (χ1n) is 9.00. The van der Waals surface area contributed by atoms with Crippen LogP contribution >= 0.6 is 27.7 Å². The van der Waals surface area contributed by atoms with E-state index in [1.54, 1.807) is 23.9 Å². The molecule has 0 amide bonds. The quantitative estimate of drug-likeness (QED) is 0.381. The monoisotopic (exact) mass is 460 g/mol. The van der Waals surface area contributed by atoms with Crippen molar-refractivity contribution in [2.45, 2.75) is 31.1 Å². The van der Waals surface area contributed by atoms with E-state index in [1.807, 2.05) is 18.2 Å². The van der Waals surface area contributed by atoms with Gasteiger partial charge in [-0.2, -0.15) is 4.98 Å². The molecule has 0 spiro atoms. The first-order chi connectivity index (χ1) is 13.6. The zero-order valence-corrected chi connectivity index (χ0v) is 17.6. The van der Waals surface area contributed by atoms with Crippen LogP contribution in [-0.2, 0) is 0 Å². The van der Waals surface area contributed by atoms with Crippen molar-refractivity contribution in [3.63, 3.8) is 0 Å². The Kier molecular flexibility index (Phi) is 5.77. The lowest BCUT2D eigenvalue weighted by atomic mass is 10.1. The molecule has 1 atom stereocenters. The smallest absolute Gasteiger partial charge is 0.247 e. The summed E-state index contributed by atoms with van der Waals surface area (Å²) in [7, 11) is 0. The Morgan fingerprint density at radius 1 is 1.18 bits per heavy atom. The van der Waals surface area contributed by atoms with E-state index >= 15 is 0 Å². The maximum Gasteiger partial charge on any atom is 0.247 e. The van der Waals surface area contributed by atoms with Crippen molar-refractivity contribution in [1.29, 1.82) is 0 Å². The second-order valence-electron chi connectivity index (χ2n) is 6.33. The molecule has 8 heteroatoms. The SMILES string of the molecule is CCCCSc1nnc2c(n1)O[C@H](c1ccc(F)cc1)Nc1ccc(Br)cc1-2. The number of nitrogens with one attached hydrogen (secondary N) is 1. The van der Waals surface area contributed by atoms with E-state index in [0.717, 1.165) is 39.9 Å². The molecule has 1 aromatic heterocycles.